The molecule has 3 aromatic carbocycles. The first-order valence-electron chi connectivity index (χ1n) is 15.0. The van der Waals surface area contributed by atoms with Gasteiger partial charge in [0.15, 0.2) is 23.0 Å². The average Bonchev–Trinajstić information content (AvgIpc) is 3.10. The van der Waals surface area contributed by atoms with Crippen LogP contribution in [0.1, 0.15) is 21.5 Å². The summed E-state index contributed by atoms with van der Waals surface area (Å²) in [7, 11) is 4.37. The van der Waals surface area contributed by atoms with Crippen molar-refractivity contribution in [2.45, 2.75) is 43.5 Å². The molecule has 0 aromatic heterocycles. The SMILES string of the molecule is COc1ccc(C(=O)OC[C@H]2O[C@@H](Oc3ccc(C[C@H](CO)[C@@H](CO)Cc4ccc(O)c(OC)c4)cc3OC)[C@H](O)[C@@H](O)[C@@H]2O)cc1. The molecule has 0 unspecified atom stereocenters. The van der Waals surface area contributed by atoms with Gasteiger partial charge in [0.1, 0.15) is 36.8 Å². The summed E-state index contributed by atoms with van der Waals surface area (Å²) in [6.45, 7) is -0.820. The number of esters is 1. The van der Waals surface area contributed by atoms with E-state index in [-0.39, 0.29) is 47.9 Å². The van der Waals surface area contributed by atoms with Crippen LogP contribution in [0, 0.1) is 11.8 Å². The van der Waals surface area contributed by atoms with Crippen molar-refractivity contribution in [3.05, 3.63) is 77.4 Å². The Hall–Kier alpha value is -4.11. The predicted molar refractivity (Wildman–Crippen MR) is 167 cm³/mol. The molecule has 1 aliphatic rings. The minimum Gasteiger partial charge on any atom is -0.504 e. The zero-order valence-electron chi connectivity index (χ0n) is 26.4. The lowest BCUT2D eigenvalue weighted by atomic mass is 9.83. The highest BCUT2D eigenvalue weighted by Gasteiger charge is 2.45. The lowest BCUT2D eigenvalue weighted by Gasteiger charge is -2.40. The largest absolute Gasteiger partial charge is 0.504 e. The number of aliphatic hydroxyl groups is 5. The van der Waals surface area contributed by atoms with Gasteiger partial charge in [-0.2, -0.15) is 0 Å². The number of ether oxygens (including phenoxy) is 6. The van der Waals surface area contributed by atoms with Crippen molar-refractivity contribution in [3.63, 3.8) is 0 Å². The van der Waals surface area contributed by atoms with Gasteiger partial charge in [0.25, 0.3) is 0 Å². The standard InChI is InChI=1S/C34H42O13/c1-42-24-8-6-21(7-9-24)33(41)45-18-29-30(38)31(39)32(40)34(47-29)46-26-11-5-20(15-28(26)44-3)13-23(17-36)22(16-35)12-19-4-10-25(37)27(14-19)43-2/h4-11,14-15,22-23,29-32,34-40H,12-13,16-18H2,1-3H3/t22-,23-,29-,30-,31+,32-,34-/m1/s1. The molecule has 256 valence electrons. The summed E-state index contributed by atoms with van der Waals surface area (Å²) >= 11 is 0. The van der Waals surface area contributed by atoms with Crippen LogP contribution in [-0.4, -0.2) is 108 Å². The summed E-state index contributed by atoms with van der Waals surface area (Å²) in [5.74, 6) is -0.0342. The number of phenolic OH excluding ortho intramolecular Hbond substituents is 1. The maximum Gasteiger partial charge on any atom is 0.338 e. The van der Waals surface area contributed by atoms with Crippen molar-refractivity contribution in [1.82, 2.24) is 0 Å². The van der Waals surface area contributed by atoms with Gasteiger partial charge in [-0.25, -0.2) is 4.79 Å². The minimum absolute atomic E-state index is 0.00502. The average molecular weight is 659 g/mol. The molecule has 0 amide bonds. The number of aromatic hydroxyl groups is 1. The second-order valence-corrected chi connectivity index (χ2v) is 11.2. The Balaban J connectivity index is 1.42. The molecule has 4 rings (SSSR count). The van der Waals surface area contributed by atoms with Gasteiger partial charge >= 0.3 is 5.97 Å². The summed E-state index contributed by atoms with van der Waals surface area (Å²) in [6, 6.07) is 16.1. The highest BCUT2D eigenvalue weighted by atomic mass is 16.7. The first-order chi connectivity index (χ1) is 22.6. The molecule has 0 spiro atoms. The molecule has 7 atom stereocenters. The van der Waals surface area contributed by atoms with Crippen molar-refractivity contribution in [2.75, 3.05) is 41.2 Å². The van der Waals surface area contributed by atoms with Crippen molar-refractivity contribution in [3.8, 4) is 28.7 Å². The number of rotatable bonds is 15. The number of phenols is 1. The number of hydrogen-bond donors (Lipinski definition) is 6. The topological polar surface area (TPSA) is 194 Å². The molecular weight excluding hydrogens is 616 g/mol. The fraction of sp³-hybridized carbons (Fsp3) is 0.441. The van der Waals surface area contributed by atoms with E-state index in [4.69, 9.17) is 28.4 Å². The normalized spacial score (nSPS) is 22.2. The third-order valence-electron chi connectivity index (χ3n) is 8.22. The van der Waals surface area contributed by atoms with Gasteiger partial charge in [-0.3, -0.25) is 0 Å². The minimum atomic E-state index is -1.67. The van der Waals surface area contributed by atoms with E-state index in [0.717, 1.165) is 11.1 Å². The van der Waals surface area contributed by atoms with Gasteiger partial charge in [0.2, 0.25) is 6.29 Å². The highest BCUT2D eigenvalue weighted by molar-refractivity contribution is 5.89. The lowest BCUT2D eigenvalue weighted by Crippen LogP contribution is -2.60. The van der Waals surface area contributed by atoms with E-state index in [0.29, 0.717) is 24.3 Å². The van der Waals surface area contributed by atoms with Crippen LogP contribution < -0.4 is 18.9 Å². The Morgan fingerprint density at radius 3 is 1.91 bits per heavy atom. The van der Waals surface area contributed by atoms with Gasteiger partial charge in [0, 0.05) is 13.2 Å². The van der Waals surface area contributed by atoms with Crippen molar-refractivity contribution in [2.24, 2.45) is 11.8 Å². The van der Waals surface area contributed by atoms with E-state index < -0.39 is 43.3 Å². The number of carbonyl (C=O) groups is 1. The second kappa shape index (κ2) is 16.6. The number of benzene rings is 3. The molecule has 1 fully saturated rings. The van der Waals surface area contributed by atoms with E-state index in [1.165, 1.54) is 39.5 Å². The number of carbonyl (C=O) groups excluding carboxylic acids is 1. The van der Waals surface area contributed by atoms with Crippen LogP contribution in [0.25, 0.3) is 0 Å². The molecule has 6 N–H and O–H groups in total. The maximum atomic E-state index is 12.5. The van der Waals surface area contributed by atoms with Gasteiger partial charge in [0.05, 0.1) is 26.9 Å². The van der Waals surface area contributed by atoms with E-state index >= 15 is 0 Å². The number of methoxy groups -OCH3 is 3. The second-order valence-electron chi connectivity index (χ2n) is 11.2. The van der Waals surface area contributed by atoms with Gasteiger partial charge in [-0.05, 0) is 84.3 Å². The van der Waals surface area contributed by atoms with Crippen LogP contribution in [0.4, 0.5) is 0 Å². The maximum absolute atomic E-state index is 12.5. The Labute approximate surface area is 272 Å². The number of hydrogen-bond acceptors (Lipinski definition) is 13. The molecule has 0 saturated carbocycles. The van der Waals surface area contributed by atoms with Crippen LogP contribution in [-0.2, 0) is 22.3 Å². The van der Waals surface area contributed by atoms with Crippen molar-refractivity contribution >= 4 is 5.97 Å². The van der Waals surface area contributed by atoms with E-state index in [9.17, 15) is 35.4 Å². The molecule has 13 nitrogen and oxygen atoms in total. The van der Waals surface area contributed by atoms with Gasteiger partial charge < -0.3 is 59.1 Å². The molecular formula is C34H42O13. The summed E-state index contributed by atoms with van der Waals surface area (Å²) in [6.07, 6.45) is -6.76. The third-order valence-corrected chi connectivity index (χ3v) is 8.22. The molecule has 1 saturated heterocycles. The summed E-state index contributed by atoms with van der Waals surface area (Å²) in [4.78, 5) is 12.5. The zero-order valence-corrected chi connectivity index (χ0v) is 26.4. The Kier molecular flexibility index (Phi) is 12.6. The Bertz CT molecular complexity index is 1450. The number of aliphatic hydroxyl groups excluding tert-OH is 5. The molecule has 47 heavy (non-hydrogen) atoms. The zero-order chi connectivity index (χ0) is 34.1. The summed E-state index contributed by atoms with van der Waals surface area (Å²) < 4.78 is 32.7. The molecule has 3 aromatic rings. The van der Waals surface area contributed by atoms with Crippen LogP contribution in [0.3, 0.4) is 0 Å². The van der Waals surface area contributed by atoms with E-state index in [1.807, 2.05) is 0 Å². The highest BCUT2D eigenvalue weighted by Crippen LogP contribution is 2.34. The summed E-state index contributed by atoms with van der Waals surface area (Å²) in [5, 5.41) is 61.9. The van der Waals surface area contributed by atoms with E-state index in [1.54, 1.807) is 42.5 Å². The van der Waals surface area contributed by atoms with Gasteiger partial charge in [-0.1, -0.05) is 12.1 Å². The van der Waals surface area contributed by atoms with Gasteiger partial charge in [-0.15, -0.1) is 0 Å². The summed E-state index contributed by atoms with van der Waals surface area (Å²) in [5.41, 5.74) is 1.83. The lowest BCUT2D eigenvalue weighted by molar-refractivity contribution is -0.277. The molecule has 1 aliphatic heterocycles. The quantitative estimate of drug-likeness (QED) is 0.129. The smallest absolute Gasteiger partial charge is 0.338 e. The molecule has 1 heterocycles. The molecule has 13 heteroatoms. The van der Waals surface area contributed by atoms with Crippen molar-refractivity contribution < 1.29 is 63.9 Å². The Morgan fingerprint density at radius 1 is 0.745 bits per heavy atom. The molecule has 0 aliphatic carbocycles. The fourth-order valence-corrected chi connectivity index (χ4v) is 5.40. The van der Waals surface area contributed by atoms with Crippen LogP contribution in [0.2, 0.25) is 0 Å². The van der Waals surface area contributed by atoms with E-state index in [2.05, 4.69) is 0 Å². The first-order valence-corrected chi connectivity index (χ1v) is 15.0. The molecule has 0 bridgehead atoms. The monoisotopic (exact) mass is 658 g/mol. The predicted octanol–water partition coefficient (Wildman–Crippen LogP) is 1.46. The first kappa shape index (κ1) is 35.7. The fourth-order valence-electron chi connectivity index (χ4n) is 5.40. The van der Waals surface area contributed by atoms with Crippen LogP contribution >= 0.6 is 0 Å². The van der Waals surface area contributed by atoms with Crippen LogP contribution in [0.5, 0.6) is 28.7 Å². The molecule has 0 radical (unpaired) electrons. The van der Waals surface area contributed by atoms with Crippen LogP contribution in [0.15, 0.2) is 60.7 Å². The third kappa shape index (κ3) is 8.83. The van der Waals surface area contributed by atoms with Crippen molar-refractivity contribution in [1.29, 1.82) is 0 Å². The Morgan fingerprint density at radius 2 is 1.34 bits per heavy atom.